The lowest BCUT2D eigenvalue weighted by Gasteiger charge is -2.17. The Morgan fingerprint density at radius 2 is 1.80 bits per heavy atom. The van der Waals surface area contributed by atoms with Crippen LogP contribution in [0.2, 0.25) is 5.02 Å². The maximum atomic E-state index is 13.1. The van der Waals surface area contributed by atoms with Gasteiger partial charge in [0.1, 0.15) is 5.82 Å². The third kappa shape index (κ3) is 5.76. The molecule has 210 valence electrons. The van der Waals surface area contributed by atoms with Crippen molar-refractivity contribution in [3.8, 4) is 11.1 Å². The average Bonchev–Trinajstić information content (AvgIpc) is 3.78. The highest BCUT2D eigenvalue weighted by Gasteiger charge is 2.52. The van der Waals surface area contributed by atoms with Crippen LogP contribution in [0.1, 0.15) is 30.4 Å². The maximum absolute atomic E-state index is 13.1. The second-order valence-electron chi connectivity index (χ2n) is 10.2. The summed E-state index contributed by atoms with van der Waals surface area (Å²) in [5.74, 6) is 0.983. The molecular weight excluding hydrogens is 560 g/mol. The van der Waals surface area contributed by atoms with Gasteiger partial charge in [-0.05, 0) is 60.2 Å². The molecule has 0 unspecified atom stereocenters. The fraction of sp³-hybridized carbons (Fsp3) is 0.233. The Kier molecular flexibility index (Phi) is 7.37. The predicted octanol–water partition coefficient (Wildman–Crippen LogP) is 4.98. The molecule has 1 aliphatic carbocycles. The molecule has 2 aliphatic rings. The van der Waals surface area contributed by atoms with E-state index in [1.165, 1.54) is 0 Å². The lowest BCUT2D eigenvalue weighted by atomic mass is 9.95. The van der Waals surface area contributed by atoms with Gasteiger partial charge in [0.25, 0.3) is 0 Å². The summed E-state index contributed by atoms with van der Waals surface area (Å²) in [5, 5.41) is 10.1. The van der Waals surface area contributed by atoms with Crippen molar-refractivity contribution in [1.82, 2.24) is 20.0 Å². The molecule has 0 radical (unpaired) electrons. The summed E-state index contributed by atoms with van der Waals surface area (Å²) in [4.78, 5) is 22.4. The number of rotatable bonds is 5. The Balaban J connectivity index is 1.18. The van der Waals surface area contributed by atoms with Gasteiger partial charge in [0.05, 0.1) is 10.3 Å². The van der Waals surface area contributed by atoms with Crippen molar-refractivity contribution in [2.45, 2.75) is 36.1 Å². The topological polar surface area (TPSA) is 125 Å². The first-order valence-electron chi connectivity index (χ1n) is 13.4. The van der Waals surface area contributed by atoms with E-state index in [0.29, 0.717) is 48.5 Å². The lowest BCUT2D eigenvalue weighted by Crippen LogP contribution is -2.34. The van der Waals surface area contributed by atoms with Crippen LogP contribution >= 0.6 is 11.6 Å². The van der Waals surface area contributed by atoms with Crippen LogP contribution in [0.5, 0.6) is 0 Å². The Morgan fingerprint density at radius 3 is 2.59 bits per heavy atom. The minimum atomic E-state index is -3.61. The average molecular weight is 589 g/mol. The molecular formula is C30H29ClN6O3S. The smallest absolute Gasteiger partial charge is 0.240 e. The highest BCUT2D eigenvalue weighted by Crippen LogP contribution is 2.50. The third-order valence-electron chi connectivity index (χ3n) is 7.42. The molecule has 1 fully saturated rings. The molecule has 0 spiro atoms. The normalized spacial score (nSPS) is 17.0. The summed E-state index contributed by atoms with van der Waals surface area (Å²) < 4.78 is 27.9. The van der Waals surface area contributed by atoms with E-state index in [9.17, 15) is 13.2 Å². The van der Waals surface area contributed by atoms with Crippen molar-refractivity contribution in [2.75, 3.05) is 23.7 Å². The van der Waals surface area contributed by atoms with E-state index in [1.54, 1.807) is 30.5 Å². The van der Waals surface area contributed by atoms with Gasteiger partial charge in [-0.3, -0.25) is 4.79 Å². The standard InChI is InChI=1S/C30H29ClN6O3S/c31-26-8-2-1-7-25(26)30(13-14-30)28(38)33-18-20-9-11-21(12-10-20)24-19-34-29-36-22-5-3-6-23(17-22)41(39,40)35-16-4-15-32-27(24)37-29/h1-3,5-12,17,19,35H,4,13-16,18H2,(H,33,38)(H2,32,34,36,37). The van der Waals surface area contributed by atoms with Gasteiger partial charge < -0.3 is 16.0 Å². The van der Waals surface area contributed by atoms with E-state index < -0.39 is 15.4 Å². The number of carbonyl (C=O) groups excluding carboxylic acids is 1. The Morgan fingerprint density at radius 1 is 1.00 bits per heavy atom. The fourth-order valence-corrected chi connectivity index (χ4v) is 6.43. The monoisotopic (exact) mass is 588 g/mol. The minimum absolute atomic E-state index is 0.00515. The van der Waals surface area contributed by atoms with Gasteiger partial charge in [-0.1, -0.05) is 60.1 Å². The molecule has 4 bridgehead atoms. The highest BCUT2D eigenvalue weighted by molar-refractivity contribution is 7.89. The van der Waals surface area contributed by atoms with Gasteiger partial charge in [0, 0.05) is 42.1 Å². The molecule has 1 amide bonds. The van der Waals surface area contributed by atoms with E-state index in [1.807, 2.05) is 48.5 Å². The first-order chi connectivity index (χ1) is 19.8. The number of benzene rings is 3. The predicted molar refractivity (Wildman–Crippen MR) is 160 cm³/mol. The van der Waals surface area contributed by atoms with Crippen LogP contribution in [0, 0.1) is 0 Å². The molecule has 11 heteroatoms. The van der Waals surface area contributed by atoms with Gasteiger partial charge in [0.2, 0.25) is 21.9 Å². The molecule has 4 N–H and O–H groups in total. The van der Waals surface area contributed by atoms with Crippen molar-refractivity contribution in [1.29, 1.82) is 0 Å². The van der Waals surface area contributed by atoms with Gasteiger partial charge in [-0.2, -0.15) is 4.98 Å². The second kappa shape index (κ2) is 11.1. The van der Waals surface area contributed by atoms with Crippen LogP contribution in [0.4, 0.5) is 17.5 Å². The zero-order chi connectivity index (χ0) is 28.5. The minimum Gasteiger partial charge on any atom is -0.369 e. The van der Waals surface area contributed by atoms with Crippen LogP contribution in [0.15, 0.2) is 83.9 Å². The summed E-state index contributed by atoms with van der Waals surface area (Å²) in [6, 6.07) is 22.0. The number of hydrogen-bond donors (Lipinski definition) is 4. The maximum Gasteiger partial charge on any atom is 0.240 e. The van der Waals surface area contributed by atoms with Crippen LogP contribution in [-0.2, 0) is 26.8 Å². The van der Waals surface area contributed by atoms with E-state index >= 15 is 0 Å². The number of aromatic nitrogens is 2. The number of nitrogens with zero attached hydrogens (tertiary/aromatic N) is 2. The van der Waals surface area contributed by atoms with Crippen molar-refractivity contribution < 1.29 is 13.2 Å². The van der Waals surface area contributed by atoms with E-state index in [0.717, 1.165) is 35.1 Å². The molecule has 41 heavy (non-hydrogen) atoms. The summed E-state index contributed by atoms with van der Waals surface area (Å²) in [6.07, 6.45) is 3.89. The van der Waals surface area contributed by atoms with Gasteiger partial charge >= 0.3 is 0 Å². The highest BCUT2D eigenvalue weighted by atomic mass is 35.5. The van der Waals surface area contributed by atoms with Gasteiger partial charge in [0.15, 0.2) is 0 Å². The zero-order valence-corrected chi connectivity index (χ0v) is 23.7. The van der Waals surface area contributed by atoms with Crippen LogP contribution in [-0.4, -0.2) is 37.4 Å². The van der Waals surface area contributed by atoms with E-state index in [2.05, 4.69) is 30.6 Å². The molecule has 0 saturated heterocycles. The number of nitrogens with one attached hydrogen (secondary N) is 4. The van der Waals surface area contributed by atoms with Crippen molar-refractivity contribution >= 4 is 45.0 Å². The van der Waals surface area contributed by atoms with E-state index in [-0.39, 0.29) is 10.8 Å². The van der Waals surface area contributed by atoms with Crippen LogP contribution in [0.3, 0.4) is 0 Å². The number of fused-ring (bicyclic) bond motifs is 4. The Hall–Kier alpha value is -3.99. The van der Waals surface area contributed by atoms with Crippen molar-refractivity contribution in [2.24, 2.45) is 0 Å². The molecule has 4 aromatic rings. The van der Waals surface area contributed by atoms with Crippen LogP contribution < -0.4 is 20.7 Å². The third-order valence-corrected chi connectivity index (χ3v) is 9.21. The Labute approximate surface area is 243 Å². The molecule has 9 nitrogen and oxygen atoms in total. The summed E-state index contributed by atoms with van der Waals surface area (Å²) in [7, 11) is -3.61. The fourth-order valence-electron chi connectivity index (χ4n) is 4.99. The molecule has 0 atom stereocenters. The summed E-state index contributed by atoms with van der Waals surface area (Å²) in [5.41, 5.74) is 3.61. The first-order valence-corrected chi connectivity index (χ1v) is 15.3. The van der Waals surface area contributed by atoms with Gasteiger partial charge in [-0.25, -0.2) is 18.1 Å². The number of anilines is 3. The Bertz CT molecular complexity index is 1710. The molecule has 1 aromatic heterocycles. The SMILES string of the molecule is O=C(NCc1ccc(-c2cnc3nc2NCCCNS(=O)(=O)c2cccc(c2)N3)cc1)C1(c2ccccc2Cl)CC1. The molecule has 2 heterocycles. The summed E-state index contributed by atoms with van der Waals surface area (Å²) >= 11 is 6.38. The van der Waals surface area contributed by atoms with Crippen molar-refractivity contribution in [3.05, 3.63) is 95.1 Å². The summed E-state index contributed by atoms with van der Waals surface area (Å²) in [6.45, 7) is 1.21. The zero-order valence-electron chi connectivity index (χ0n) is 22.2. The number of sulfonamides is 1. The van der Waals surface area contributed by atoms with Gasteiger partial charge in [-0.15, -0.1) is 0 Å². The number of carbonyl (C=O) groups is 1. The molecule has 1 saturated carbocycles. The largest absolute Gasteiger partial charge is 0.369 e. The molecule has 1 aliphatic heterocycles. The van der Waals surface area contributed by atoms with E-state index in [4.69, 9.17) is 11.6 Å². The first kappa shape index (κ1) is 27.2. The van der Waals surface area contributed by atoms with Crippen molar-refractivity contribution in [3.63, 3.8) is 0 Å². The quantitative estimate of drug-likeness (QED) is 0.259. The molecule has 6 rings (SSSR count). The number of halogens is 1. The number of amides is 1. The van der Waals surface area contributed by atoms with Crippen LogP contribution in [0.25, 0.3) is 11.1 Å². The second-order valence-corrected chi connectivity index (χ2v) is 12.4. The number of hydrogen-bond acceptors (Lipinski definition) is 7. The lowest BCUT2D eigenvalue weighted by molar-refractivity contribution is -0.123. The molecule has 3 aromatic carbocycles.